The number of nitrogens with two attached hydrogens (primary N) is 2. The van der Waals surface area contributed by atoms with E-state index in [0.717, 1.165) is 0 Å². The summed E-state index contributed by atoms with van der Waals surface area (Å²) < 4.78 is 0. The summed E-state index contributed by atoms with van der Waals surface area (Å²) in [4.78, 5) is 10.8. The van der Waals surface area contributed by atoms with E-state index in [2.05, 4.69) is 5.32 Å². The molecule has 0 amide bonds. The SMILES string of the molecule is NCCNc1c(CCO)cc(N)c(CCO)c1[N+](=O)[O-]. The summed E-state index contributed by atoms with van der Waals surface area (Å²) >= 11 is 0. The van der Waals surface area contributed by atoms with Crippen molar-refractivity contribution in [3.05, 3.63) is 27.3 Å². The molecule has 0 aliphatic carbocycles. The van der Waals surface area contributed by atoms with Gasteiger partial charge in [-0.1, -0.05) is 0 Å². The molecule has 0 saturated carbocycles. The molecule has 0 heterocycles. The van der Waals surface area contributed by atoms with Crippen molar-refractivity contribution < 1.29 is 15.1 Å². The summed E-state index contributed by atoms with van der Waals surface area (Å²) in [5, 5.41) is 32.3. The van der Waals surface area contributed by atoms with Gasteiger partial charge in [-0.2, -0.15) is 0 Å². The topological polar surface area (TPSA) is 148 Å². The Bertz CT molecular complexity index is 479. The van der Waals surface area contributed by atoms with E-state index in [0.29, 0.717) is 29.9 Å². The molecule has 0 atom stereocenters. The highest BCUT2D eigenvalue weighted by Crippen LogP contribution is 2.37. The van der Waals surface area contributed by atoms with Crippen molar-refractivity contribution in [1.82, 2.24) is 0 Å². The lowest BCUT2D eigenvalue weighted by Crippen LogP contribution is -2.17. The molecule has 1 aromatic carbocycles. The van der Waals surface area contributed by atoms with Crippen LogP contribution in [0.1, 0.15) is 11.1 Å². The zero-order valence-electron chi connectivity index (χ0n) is 11.1. The summed E-state index contributed by atoms with van der Waals surface area (Å²) in [5.41, 5.74) is 12.5. The molecular weight excluding hydrogens is 264 g/mol. The van der Waals surface area contributed by atoms with E-state index in [4.69, 9.17) is 21.7 Å². The van der Waals surface area contributed by atoms with Gasteiger partial charge in [0.15, 0.2) is 0 Å². The molecule has 0 radical (unpaired) electrons. The second kappa shape index (κ2) is 7.63. The van der Waals surface area contributed by atoms with Gasteiger partial charge in [-0.3, -0.25) is 10.1 Å². The van der Waals surface area contributed by atoms with E-state index in [1.54, 1.807) is 6.07 Å². The fourth-order valence-corrected chi connectivity index (χ4v) is 2.07. The fourth-order valence-electron chi connectivity index (χ4n) is 2.07. The monoisotopic (exact) mass is 284 g/mol. The summed E-state index contributed by atoms with van der Waals surface area (Å²) in [6.07, 6.45) is 0.343. The molecule has 0 unspecified atom stereocenters. The molecule has 0 fully saturated rings. The number of nitrogens with zero attached hydrogens (tertiary/aromatic N) is 1. The first kappa shape index (κ1) is 16.2. The molecule has 20 heavy (non-hydrogen) atoms. The molecule has 0 spiro atoms. The van der Waals surface area contributed by atoms with Crippen LogP contribution >= 0.6 is 0 Å². The summed E-state index contributed by atoms with van der Waals surface area (Å²) in [5.74, 6) is 0. The average molecular weight is 284 g/mol. The number of nitro benzene ring substituents is 1. The van der Waals surface area contributed by atoms with Crippen LogP contribution in [0.4, 0.5) is 17.1 Å². The Morgan fingerprint density at radius 1 is 1.30 bits per heavy atom. The largest absolute Gasteiger partial charge is 0.398 e. The van der Waals surface area contributed by atoms with Crippen molar-refractivity contribution in [1.29, 1.82) is 0 Å². The highest BCUT2D eigenvalue weighted by molar-refractivity contribution is 5.76. The molecule has 0 aromatic heterocycles. The number of aliphatic hydroxyl groups excluding tert-OH is 2. The Labute approximate surface area is 116 Å². The third-order valence-electron chi connectivity index (χ3n) is 2.89. The van der Waals surface area contributed by atoms with Crippen molar-refractivity contribution >= 4 is 17.1 Å². The summed E-state index contributed by atoms with van der Waals surface area (Å²) in [6.45, 7) is 0.297. The number of hydrogen-bond acceptors (Lipinski definition) is 7. The van der Waals surface area contributed by atoms with E-state index >= 15 is 0 Å². The van der Waals surface area contributed by atoms with Gasteiger partial charge in [0, 0.05) is 38.4 Å². The molecule has 8 nitrogen and oxygen atoms in total. The fraction of sp³-hybridized carbons (Fsp3) is 0.500. The smallest absolute Gasteiger partial charge is 0.297 e. The van der Waals surface area contributed by atoms with Crippen LogP contribution in [0.2, 0.25) is 0 Å². The summed E-state index contributed by atoms with van der Waals surface area (Å²) in [6, 6.07) is 1.59. The lowest BCUT2D eigenvalue weighted by molar-refractivity contribution is -0.384. The first-order valence-corrected chi connectivity index (χ1v) is 6.31. The maximum absolute atomic E-state index is 11.3. The van der Waals surface area contributed by atoms with Gasteiger partial charge in [0.25, 0.3) is 5.69 Å². The Kier molecular flexibility index (Phi) is 6.16. The second-order valence-electron chi connectivity index (χ2n) is 4.25. The van der Waals surface area contributed by atoms with E-state index in [-0.39, 0.29) is 37.4 Å². The standard InChI is InChI=1S/C12H20N4O4/c13-3-4-15-11-8(1-5-17)7-10(14)9(2-6-18)12(11)16(19)20/h7,15,17-18H,1-6,13-14H2. The average Bonchev–Trinajstić information content (AvgIpc) is 2.40. The van der Waals surface area contributed by atoms with Crippen molar-refractivity contribution in [2.45, 2.75) is 12.8 Å². The van der Waals surface area contributed by atoms with Crippen molar-refractivity contribution in [2.24, 2.45) is 5.73 Å². The van der Waals surface area contributed by atoms with Crippen LogP contribution in [-0.2, 0) is 12.8 Å². The van der Waals surface area contributed by atoms with Crippen LogP contribution in [0.3, 0.4) is 0 Å². The number of benzene rings is 1. The van der Waals surface area contributed by atoms with Crippen molar-refractivity contribution in [3.8, 4) is 0 Å². The van der Waals surface area contributed by atoms with Gasteiger partial charge in [0.1, 0.15) is 5.69 Å². The predicted octanol–water partition coefficient (Wildman–Crippen LogP) is -0.383. The van der Waals surface area contributed by atoms with Crippen LogP contribution in [-0.4, -0.2) is 41.4 Å². The lowest BCUT2D eigenvalue weighted by atomic mass is 9.99. The molecule has 8 heteroatoms. The van der Waals surface area contributed by atoms with Crippen LogP contribution in [0, 0.1) is 10.1 Å². The first-order chi connectivity index (χ1) is 9.56. The molecule has 1 aromatic rings. The van der Waals surface area contributed by atoms with E-state index in [9.17, 15) is 10.1 Å². The van der Waals surface area contributed by atoms with Crippen LogP contribution < -0.4 is 16.8 Å². The normalized spacial score (nSPS) is 10.6. The van der Waals surface area contributed by atoms with Crippen LogP contribution in [0.25, 0.3) is 0 Å². The predicted molar refractivity (Wildman–Crippen MR) is 76.6 cm³/mol. The molecule has 0 aliphatic rings. The molecule has 0 saturated heterocycles. The maximum Gasteiger partial charge on any atom is 0.297 e. The molecule has 7 N–H and O–H groups in total. The Morgan fingerprint density at radius 3 is 2.45 bits per heavy atom. The number of anilines is 2. The number of nitrogens with one attached hydrogen (secondary N) is 1. The Morgan fingerprint density at radius 2 is 1.95 bits per heavy atom. The van der Waals surface area contributed by atoms with Gasteiger partial charge in [0.2, 0.25) is 0 Å². The zero-order valence-corrected chi connectivity index (χ0v) is 11.1. The number of rotatable bonds is 8. The van der Waals surface area contributed by atoms with Gasteiger partial charge >= 0.3 is 0 Å². The van der Waals surface area contributed by atoms with E-state index < -0.39 is 4.92 Å². The third kappa shape index (κ3) is 3.56. The van der Waals surface area contributed by atoms with Gasteiger partial charge in [0.05, 0.1) is 10.5 Å². The highest BCUT2D eigenvalue weighted by atomic mass is 16.6. The van der Waals surface area contributed by atoms with Crippen molar-refractivity contribution in [3.63, 3.8) is 0 Å². The highest BCUT2D eigenvalue weighted by Gasteiger charge is 2.25. The quantitative estimate of drug-likeness (QED) is 0.248. The molecule has 0 aliphatic heterocycles. The number of hydrogen-bond donors (Lipinski definition) is 5. The summed E-state index contributed by atoms with van der Waals surface area (Å²) in [7, 11) is 0. The Hall–Kier alpha value is -1.90. The molecular formula is C12H20N4O4. The lowest BCUT2D eigenvalue weighted by Gasteiger charge is -2.16. The number of nitrogen functional groups attached to an aromatic ring is 1. The van der Waals surface area contributed by atoms with Crippen LogP contribution in [0.15, 0.2) is 6.07 Å². The number of nitro groups is 1. The van der Waals surface area contributed by atoms with E-state index in [1.165, 1.54) is 0 Å². The maximum atomic E-state index is 11.3. The number of aliphatic hydroxyl groups is 2. The first-order valence-electron chi connectivity index (χ1n) is 6.31. The minimum Gasteiger partial charge on any atom is -0.398 e. The second-order valence-corrected chi connectivity index (χ2v) is 4.25. The van der Waals surface area contributed by atoms with Crippen molar-refractivity contribution in [2.75, 3.05) is 37.4 Å². The Balaban J connectivity index is 3.44. The van der Waals surface area contributed by atoms with E-state index in [1.807, 2.05) is 0 Å². The van der Waals surface area contributed by atoms with Gasteiger partial charge in [-0.25, -0.2) is 0 Å². The minimum absolute atomic E-state index is 0.0961. The van der Waals surface area contributed by atoms with Gasteiger partial charge < -0.3 is 27.0 Å². The molecule has 0 bridgehead atoms. The zero-order chi connectivity index (χ0) is 15.1. The molecule has 1 rings (SSSR count). The van der Waals surface area contributed by atoms with Crippen LogP contribution in [0.5, 0.6) is 0 Å². The minimum atomic E-state index is -0.527. The molecule has 112 valence electrons. The third-order valence-corrected chi connectivity index (χ3v) is 2.89. The van der Waals surface area contributed by atoms with Gasteiger partial charge in [-0.15, -0.1) is 0 Å². The van der Waals surface area contributed by atoms with Gasteiger partial charge in [-0.05, 0) is 18.1 Å².